The van der Waals surface area contributed by atoms with Gasteiger partial charge in [-0.15, -0.1) is 0 Å². The van der Waals surface area contributed by atoms with E-state index in [1.165, 1.54) is 74.2 Å². The fourth-order valence-electron chi connectivity index (χ4n) is 7.91. The first kappa shape index (κ1) is 59.4. The Hall–Kier alpha value is -6.88. The number of fused-ring (bicyclic) bond motifs is 8. The number of hydrogen-bond acceptors (Lipinski definition) is 4. The third-order valence-corrected chi connectivity index (χ3v) is 10.9. The van der Waals surface area contributed by atoms with Crippen molar-refractivity contribution in [1.29, 1.82) is 0 Å². The molecule has 72 heavy (non-hydrogen) atoms. The third kappa shape index (κ3) is 15.1. The monoisotopic (exact) mass is 1030 g/mol. The van der Waals surface area contributed by atoms with Crippen LogP contribution >= 0.6 is 0 Å². The van der Waals surface area contributed by atoms with Gasteiger partial charge in [0, 0.05) is 70.7 Å². The maximum Gasteiger partial charge on any atom is 3.00 e. The van der Waals surface area contributed by atoms with Gasteiger partial charge < -0.3 is 19.4 Å². The fraction of sp³-hybridized carbons (Fsp3) is 0.143. The van der Waals surface area contributed by atoms with E-state index >= 15 is 0 Å². The molecule has 4 aromatic carbocycles. The van der Waals surface area contributed by atoms with Crippen LogP contribution in [0.4, 0.5) is 17.6 Å². The van der Waals surface area contributed by atoms with Crippen LogP contribution in [0.3, 0.4) is 0 Å². The summed E-state index contributed by atoms with van der Waals surface area (Å²) >= 11 is 0. The number of H-pyrrole nitrogens is 2. The largest absolute Gasteiger partial charge is 3.00 e. The molecule has 7 aromatic rings. The smallest absolute Gasteiger partial charge is 3.00 e. The topological polar surface area (TPSA) is 155 Å². The summed E-state index contributed by atoms with van der Waals surface area (Å²) in [4.78, 5) is 17.4. The zero-order valence-electron chi connectivity index (χ0n) is 38.3. The second-order valence-electron chi connectivity index (χ2n) is 15.2. The Bertz CT molecular complexity index is 2740. The minimum atomic E-state index is -0.364. The molecule has 0 atom stereocenters. The van der Waals surface area contributed by atoms with Gasteiger partial charge in [0.1, 0.15) is 23.3 Å². The molecule has 8 bridgehead atoms. The van der Waals surface area contributed by atoms with E-state index < -0.39 is 0 Å². The molecule has 0 unspecified atom stereocenters. The summed E-state index contributed by atoms with van der Waals surface area (Å²) in [6, 6.07) is 32.7. The van der Waals surface area contributed by atoms with E-state index in [4.69, 9.17) is 38.1 Å². The zero-order chi connectivity index (χ0) is 50.4. The molecular formula is C56H42AlCoF4N4O6+6. The number of ether oxygens (including phenoxy) is 2. The first-order valence-corrected chi connectivity index (χ1v) is 21.5. The second-order valence-corrected chi connectivity index (χ2v) is 15.2. The Morgan fingerprint density at radius 2 is 0.542 bits per heavy atom. The molecule has 0 amide bonds. The van der Waals surface area contributed by atoms with Crippen molar-refractivity contribution in [2.24, 2.45) is 0 Å². The molecule has 0 saturated carbocycles. The zero-order valence-corrected chi connectivity index (χ0v) is 40.5. The number of benzene rings is 4. The van der Waals surface area contributed by atoms with Crippen molar-refractivity contribution in [3.8, 4) is 44.5 Å². The van der Waals surface area contributed by atoms with Crippen molar-refractivity contribution in [3.63, 3.8) is 0 Å². The summed E-state index contributed by atoms with van der Waals surface area (Å²) < 4.78 is 96.7. The molecule has 10 nitrogen and oxygen atoms in total. The average molecular weight is 1030 g/mol. The first-order chi connectivity index (χ1) is 34.4. The molecule has 0 aliphatic carbocycles. The molecule has 11 rings (SSSR count). The van der Waals surface area contributed by atoms with E-state index in [-0.39, 0.29) is 57.4 Å². The second kappa shape index (κ2) is 30.8. The summed E-state index contributed by atoms with van der Waals surface area (Å²) in [6.07, 6.45) is 12.7. The fourth-order valence-corrected chi connectivity index (χ4v) is 7.91. The van der Waals surface area contributed by atoms with Crippen LogP contribution in [0, 0.1) is 49.9 Å². The number of nitrogens with one attached hydrogen (secondary N) is 2. The summed E-state index contributed by atoms with van der Waals surface area (Å²) in [5, 5.41) is 0. The van der Waals surface area contributed by atoms with E-state index in [0.717, 1.165) is 70.9 Å². The molecule has 0 spiro atoms. The van der Waals surface area contributed by atoms with Crippen LogP contribution in [0.1, 0.15) is 48.5 Å². The normalized spacial score (nSPS) is 12.2. The SMILES string of the molecule is C1CCOC1.C1CCOC1.Fc1ccc(-c2c3nc(c(-c4ccc(F)cc4)c4ccc([nH]4)c(-c4ccc(F)cc4)c4nc(c(-c5ccc(F)cc5)c5ccc2[nH]5)C=C4)C=C3)cc1.[Al+3].[C-]#[O+].[C-]#[O+].[C-]#[O+].[C-]#[O+].[Co+3]. The predicted molar refractivity (Wildman–Crippen MR) is 262 cm³/mol. The number of aromatic amines is 2. The molecule has 2 N–H and O–H groups in total. The molecular weight excluding hydrogens is 987 g/mol. The van der Waals surface area contributed by atoms with Crippen molar-refractivity contribution < 1.29 is 62.4 Å². The Labute approximate surface area is 434 Å². The van der Waals surface area contributed by atoms with Gasteiger partial charge in [-0.25, -0.2) is 27.5 Å². The molecule has 0 radical (unpaired) electrons. The molecule has 7 heterocycles. The number of halogens is 4. The van der Waals surface area contributed by atoms with Gasteiger partial charge in [-0.1, -0.05) is 48.5 Å². The van der Waals surface area contributed by atoms with Gasteiger partial charge in [-0.2, -0.15) is 0 Å². The van der Waals surface area contributed by atoms with E-state index in [2.05, 4.69) is 36.6 Å². The Morgan fingerprint density at radius 1 is 0.347 bits per heavy atom. The van der Waals surface area contributed by atoms with Crippen LogP contribution in [0.2, 0.25) is 0 Å². The number of nitrogens with zero attached hydrogens (tertiary/aromatic N) is 2. The van der Waals surface area contributed by atoms with Gasteiger partial charge in [0.05, 0.1) is 22.8 Å². The average Bonchev–Trinajstić information content (AvgIpc) is 4.27. The summed E-state index contributed by atoms with van der Waals surface area (Å²) in [7, 11) is 0. The van der Waals surface area contributed by atoms with Crippen molar-refractivity contribution >= 4 is 63.7 Å². The van der Waals surface area contributed by atoms with E-state index in [1.54, 1.807) is 48.5 Å². The van der Waals surface area contributed by atoms with Crippen molar-refractivity contribution in [1.82, 2.24) is 19.9 Å². The molecule has 356 valence electrons. The van der Waals surface area contributed by atoms with E-state index in [9.17, 15) is 17.6 Å². The minimum Gasteiger partial charge on any atom is 3.00 e. The molecule has 3 aromatic heterocycles. The maximum absolute atomic E-state index is 14.2. The summed E-state index contributed by atoms with van der Waals surface area (Å²) in [5.41, 5.74) is 11.3. The van der Waals surface area contributed by atoms with Crippen LogP contribution in [0.15, 0.2) is 121 Å². The number of rotatable bonds is 4. The first-order valence-electron chi connectivity index (χ1n) is 21.5. The molecule has 2 fully saturated rings. The van der Waals surface area contributed by atoms with Crippen LogP contribution in [0.5, 0.6) is 0 Å². The van der Waals surface area contributed by atoms with Gasteiger partial charge in [-0.05, 0) is 145 Å². The molecule has 2 saturated heterocycles. The van der Waals surface area contributed by atoms with Gasteiger partial charge in [0.15, 0.2) is 0 Å². The Kier molecular flexibility index (Phi) is 25.4. The van der Waals surface area contributed by atoms with Gasteiger partial charge in [0.2, 0.25) is 0 Å². The predicted octanol–water partition coefficient (Wildman–Crippen LogP) is 12.9. The Balaban J connectivity index is 0.000000593. The van der Waals surface area contributed by atoms with Gasteiger partial charge in [-0.3, -0.25) is 0 Å². The molecule has 16 heteroatoms. The van der Waals surface area contributed by atoms with Crippen molar-refractivity contribution in [2.75, 3.05) is 26.4 Å². The number of hydrogen-bond donors (Lipinski definition) is 2. The van der Waals surface area contributed by atoms with Gasteiger partial charge >= 0.3 is 79.4 Å². The van der Waals surface area contributed by atoms with E-state index in [1.807, 2.05) is 48.6 Å². The van der Waals surface area contributed by atoms with E-state index in [0.29, 0.717) is 44.8 Å². The Morgan fingerprint density at radius 3 is 0.708 bits per heavy atom. The van der Waals surface area contributed by atoms with Crippen molar-refractivity contribution in [3.05, 3.63) is 194 Å². The van der Waals surface area contributed by atoms with Gasteiger partial charge in [0.25, 0.3) is 0 Å². The summed E-state index contributed by atoms with van der Waals surface area (Å²) in [5.74, 6) is -1.45. The summed E-state index contributed by atoms with van der Waals surface area (Å²) in [6.45, 7) is 22.0. The maximum atomic E-state index is 14.2. The van der Waals surface area contributed by atoms with Crippen LogP contribution < -0.4 is 0 Å². The van der Waals surface area contributed by atoms with Crippen LogP contribution in [0.25, 0.3) is 90.9 Å². The molecule has 4 aliphatic heterocycles. The minimum absolute atomic E-state index is 0. The quantitative estimate of drug-likeness (QED) is 0.0779. The van der Waals surface area contributed by atoms with Crippen molar-refractivity contribution in [2.45, 2.75) is 25.7 Å². The standard InChI is InChI=1S/C44H26F4N4.2C4H8O.4CO.Al.Co/c45-29-9-1-25(2-10-29)41-33-17-19-35(49-33)42(26-3-11-30(46)12-4-26)37-21-23-39(51-37)44(28-7-15-32(48)16-8-28)40-24-22-38(52-40)43(36-20-18-34(41)50-36)27-5-13-31(47)14-6-27;2*1-2-4-5-3-1;4*1-2;;/h1-24,49,52H;2*1-4H2;;;;;;/q;;;;;;;2*+3. The van der Waals surface area contributed by atoms with Crippen LogP contribution in [-0.2, 0) is 44.9 Å². The third-order valence-electron chi connectivity index (χ3n) is 10.9. The van der Waals surface area contributed by atoms with Crippen LogP contribution in [-0.4, -0.2) is 63.7 Å². The number of aromatic nitrogens is 4. The molecule has 4 aliphatic rings.